The highest BCUT2D eigenvalue weighted by Crippen LogP contribution is 2.09. The predicted molar refractivity (Wildman–Crippen MR) is 82.7 cm³/mol. The molecule has 0 aromatic heterocycles. The fraction of sp³-hybridized carbons (Fsp3) is 0.118. The molecule has 0 heterocycles. The molecule has 6 heteroatoms. The smallest absolute Gasteiger partial charge is 0.233 e. The number of halogens is 1. The van der Waals surface area contributed by atoms with Crippen LogP contribution in [-0.4, -0.2) is 11.8 Å². The van der Waals surface area contributed by atoms with Crippen LogP contribution in [0.3, 0.4) is 0 Å². The fourth-order valence-electron chi connectivity index (χ4n) is 1.88. The Bertz CT molecular complexity index is 751. The van der Waals surface area contributed by atoms with Gasteiger partial charge in [-0.1, -0.05) is 18.2 Å². The van der Waals surface area contributed by atoms with Crippen LogP contribution in [0, 0.1) is 17.1 Å². The lowest BCUT2D eigenvalue weighted by atomic mass is 10.2. The topological polar surface area (TPSA) is 82.0 Å². The van der Waals surface area contributed by atoms with Gasteiger partial charge in [0.2, 0.25) is 11.8 Å². The molecule has 0 unspecified atom stereocenters. The summed E-state index contributed by atoms with van der Waals surface area (Å²) in [6, 6.07) is 14.3. The zero-order valence-electron chi connectivity index (χ0n) is 12.2. The standard InChI is InChI=1S/C17H14FN3O2/c18-15-4-2-1-3-13(15)11-20-16(22)9-17(23)21-14-7-5-12(10-19)6-8-14/h1-8H,9,11H2,(H,20,22)(H,21,23). The minimum absolute atomic E-state index is 0.0235. The number of benzene rings is 2. The summed E-state index contributed by atoms with van der Waals surface area (Å²) in [5.41, 5.74) is 1.33. The highest BCUT2D eigenvalue weighted by Gasteiger charge is 2.10. The predicted octanol–water partition coefficient (Wildman–Crippen LogP) is 2.34. The van der Waals surface area contributed by atoms with E-state index in [1.54, 1.807) is 42.5 Å². The van der Waals surface area contributed by atoms with E-state index in [4.69, 9.17) is 5.26 Å². The van der Waals surface area contributed by atoms with Crippen LogP contribution >= 0.6 is 0 Å². The molecule has 2 amide bonds. The largest absolute Gasteiger partial charge is 0.351 e. The van der Waals surface area contributed by atoms with Crippen molar-refractivity contribution in [1.29, 1.82) is 5.26 Å². The monoisotopic (exact) mass is 311 g/mol. The Morgan fingerprint density at radius 3 is 2.39 bits per heavy atom. The van der Waals surface area contributed by atoms with Gasteiger partial charge in [-0.25, -0.2) is 4.39 Å². The van der Waals surface area contributed by atoms with Crippen molar-refractivity contribution in [2.24, 2.45) is 0 Å². The SMILES string of the molecule is N#Cc1ccc(NC(=O)CC(=O)NCc2ccccc2F)cc1. The Morgan fingerprint density at radius 2 is 1.74 bits per heavy atom. The minimum Gasteiger partial charge on any atom is -0.351 e. The van der Waals surface area contributed by atoms with Crippen LogP contribution in [0.4, 0.5) is 10.1 Å². The number of hydrogen-bond donors (Lipinski definition) is 2. The molecule has 0 aliphatic heterocycles. The summed E-state index contributed by atoms with van der Waals surface area (Å²) < 4.78 is 13.4. The number of carbonyl (C=O) groups is 2. The van der Waals surface area contributed by atoms with Crippen LogP contribution < -0.4 is 10.6 Å². The van der Waals surface area contributed by atoms with E-state index in [0.717, 1.165) is 0 Å². The molecular formula is C17H14FN3O2. The molecule has 2 rings (SSSR count). The Balaban J connectivity index is 1.81. The summed E-state index contributed by atoms with van der Waals surface area (Å²) in [5.74, 6) is -1.39. The van der Waals surface area contributed by atoms with Crippen LogP contribution in [0.2, 0.25) is 0 Å². The van der Waals surface area contributed by atoms with Gasteiger partial charge in [0.25, 0.3) is 0 Å². The van der Waals surface area contributed by atoms with E-state index in [9.17, 15) is 14.0 Å². The van der Waals surface area contributed by atoms with Gasteiger partial charge in [-0.2, -0.15) is 5.26 Å². The van der Waals surface area contributed by atoms with Crippen molar-refractivity contribution in [3.05, 3.63) is 65.5 Å². The zero-order valence-corrected chi connectivity index (χ0v) is 12.2. The second-order valence-corrected chi connectivity index (χ2v) is 4.78. The van der Waals surface area contributed by atoms with Crippen molar-refractivity contribution in [3.63, 3.8) is 0 Å². The van der Waals surface area contributed by atoms with E-state index >= 15 is 0 Å². The second kappa shape index (κ2) is 7.71. The number of amides is 2. The van der Waals surface area contributed by atoms with Crippen LogP contribution in [0.5, 0.6) is 0 Å². The van der Waals surface area contributed by atoms with E-state index in [-0.39, 0.29) is 13.0 Å². The molecule has 0 aliphatic rings. The normalized spacial score (nSPS) is 9.74. The fourth-order valence-corrected chi connectivity index (χ4v) is 1.88. The molecule has 0 aliphatic carbocycles. The number of nitrogens with zero attached hydrogens (tertiary/aromatic N) is 1. The van der Waals surface area contributed by atoms with Crippen molar-refractivity contribution < 1.29 is 14.0 Å². The highest BCUT2D eigenvalue weighted by atomic mass is 19.1. The highest BCUT2D eigenvalue weighted by molar-refractivity contribution is 6.03. The lowest BCUT2D eigenvalue weighted by molar-refractivity contribution is -0.126. The second-order valence-electron chi connectivity index (χ2n) is 4.78. The van der Waals surface area contributed by atoms with Gasteiger partial charge in [-0.15, -0.1) is 0 Å². The molecule has 0 saturated carbocycles. The molecule has 2 N–H and O–H groups in total. The van der Waals surface area contributed by atoms with Crippen molar-refractivity contribution in [2.75, 3.05) is 5.32 Å². The van der Waals surface area contributed by atoms with E-state index in [2.05, 4.69) is 10.6 Å². The van der Waals surface area contributed by atoms with Crippen LogP contribution in [0.1, 0.15) is 17.5 Å². The van der Waals surface area contributed by atoms with E-state index < -0.39 is 17.6 Å². The molecule has 0 radical (unpaired) electrons. The van der Waals surface area contributed by atoms with Gasteiger partial charge in [0, 0.05) is 17.8 Å². The van der Waals surface area contributed by atoms with E-state index in [0.29, 0.717) is 16.8 Å². The maximum Gasteiger partial charge on any atom is 0.233 e. The molecule has 0 spiro atoms. The average Bonchev–Trinajstić information content (AvgIpc) is 2.54. The van der Waals surface area contributed by atoms with Crippen molar-refractivity contribution in [1.82, 2.24) is 5.32 Å². The Kier molecular flexibility index (Phi) is 5.42. The molecule has 0 atom stereocenters. The molecule has 2 aromatic carbocycles. The van der Waals surface area contributed by atoms with Gasteiger partial charge in [0.15, 0.2) is 0 Å². The van der Waals surface area contributed by atoms with Gasteiger partial charge < -0.3 is 10.6 Å². The molecule has 0 fully saturated rings. The summed E-state index contributed by atoms with van der Waals surface area (Å²) in [6.45, 7) is 0.0235. The summed E-state index contributed by atoms with van der Waals surface area (Å²) in [5, 5.41) is 13.7. The van der Waals surface area contributed by atoms with Crippen LogP contribution in [-0.2, 0) is 16.1 Å². The first kappa shape index (κ1) is 16.2. The first-order valence-corrected chi connectivity index (χ1v) is 6.88. The van der Waals surface area contributed by atoms with Gasteiger partial charge in [0.05, 0.1) is 11.6 Å². The third-order valence-corrected chi connectivity index (χ3v) is 3.05. The van der Waals surface area contributed by atoms with Gasteiger partial charge in [-0.3, -0.25) is 9.59 Å². The maximum absolute atomic E-state index is 13.4. The summed E-state index contributed by atoms with van der Waals surface area (Å²) >= 11 is 0. The first-order chi connectivity index (χ1) is 11.1. The minimum atomic E-state index is -0.501. The van der Waals surface area contributed by atoms with Gasteiger partial charge in [-0.05, 0) is 30.3 Å². The molecule has 0 saturated heterocycles. The third-order valence-electron chi connectivity index (χ3n) is 3.05. The van der Waals surface area contributed by atoms with Crippen LogP contribution in [0.15, 0.2) is 48.5 Å². The Morgan fingerprint density at radius 1 is 1.04 bits per heavy atom. The summed E-state index contributed by atoms with van der Waals surface area (Å²) in [7, 11) is 0. The number of nitrogens with one attached hydrogen (secondary N) is 2. The van der Waals surface area contributed by atoms with Crippen molar-refractivity contribution >= 4 is 17.5 Å². The number of nitriles is 1. The molecule has 0 bridgehead atoms. The molecule has 116 valence electrons. The molecular weight excluding hydrogens is 297 g/mol. The summed E-state index contributed by atoms with van der Waals surface area (Å²) in [4.78, 5) is 23.4. The van der Waals surface area contributed by atoms with Crippen molar-refractivity contribution in [2.45, 2.75) is 13.0 Å². The van der Waals surface area contributed by atoms with Crippen LogP contribution in [0.25, 0.3) is 0 Å². The zero-order chi connectivity index (χ0) is 16.7. The third kappa shape index (κ3) is 4.93. The Hall–Kier alpha value is -3.20. The molecule has 23 heavy (non-hydrogen) atoms. The number of rotatable bonds is 5. The average molecular weight is 311 g/mol. The molecule has 5 nitrogen and oxygen atoms in total. The quantitative estimate of drug-likeness (QED) is 0.832. The van der Waals surface area contributed by atoms with E-state index in [1.807, 2.05) is 6.07 Å². The van der Waals surface area contributed by atoms with E-state index in [1.165, 1.54) is 6.07 Å². The summed E-state index contributed by atoms with van der Waals surface area (Å²) in [6.07, 6.45) is -0.367. The number of carbonyl (C=O) groups excluding carboxylic acids is 2. The number of hydrogen-bond acceptors (Lipinski definition) is 3. The molecule has 2 aromatic rings. The van der Waals surface area contributed by atoms with Crippen molar-refractivity contribution in [3.8, 4) is 6.07 Å². The Labute approximate surface area is 132 Å². The lowest BCUT2D eigenvalue weighted by Gasteiger charge is -2.07. The first-order valence-electron chi connectivity index (χ1n) is 6.88. The number of anilines is 1. The van der Waals surface area contributed by atoms with Gasteiger partial charge >= 0.3 is 0 Å². The lowest BCUT2D eigenvalue weighted by Crippen LogP contribution is -2.28. The van der Waals surface area contributed by atoms with Gasteiger partial charge in [0.1, 0.15) is 12.2 Å². The maximum atomic E-state index is 13.4.